The number of hydrogen-bond donors (Lipinski definition) is 2. The summed E-state index contributed by atoms with van der Waals surface area (Å²) >= 11 is 0. The summed E-state index contributed by atoms with van der Waals surface area (Å²) in [6.07, 6.45) is 0. The highest BCUT2D eigenvalue weighted by atomic mass is 16.2. The summed E-state index contributed by atoms with van der Waals surface area (Å²) < 4.78 is 0. The van der Waals surface area contributed by atoms with Crippen molar-refractivity contribution >= 4 is 17.5 Å². The number of piperazine rings is 1. The smallest absolute Gasteiger partial charge is 0.323 e. The van der Waals surface area contributed by atoms with E-state index in [-0.39, 0.29) is 0 Å². The van der Waals surface area contributed by atoms with Crippen LogP contribution in [0.5, 0.6) is 0 Å². The zero-order valence-corrected chi connectivity index (χ0v) is 11.8. The Morgan fingerprint density at radius 1 is 1.15 bits per heavy atom. The normalized spacial score (nSPS) is 15.2. The zero-order chi connectivity index (χ0) is 14.7. The van der Waals surface area contributed by atoms with Crippen LogP contribution in [-0.2, 0) is 9.59 Å². The number of carbonyl (C=O) groups is 2. The van der Waals surface area contributed by atoms with Crippen molar-refractivity contribution in [3.05, 3.63) is 29.3 Å². The van der Waals surface area contributed by atoms with Crippen LogP contribution in [0, 0.1) is 13.8 Å². The second-order valence-electron chi connectivity index (χ2n) is 5.04. The molecule has 1 aliphatic rings. The van der Waals surface area contributed by atoms with E-state index in [1.165, 1.54) is 21.7 Å². The fraction of sp³-hybridized carbons (Fsp3) is 0.429. The first-order valence-corrected chi connectivity index (χ1v) is 6.65. The molecule has 0 unspecified atom stereocenters. The highest BCUT2D eigenvalue weighted by molar-refractivity contribution is 6.34. The molecule has 0 atom stereocenters. The SMILES string of the molecule is Cc1ccc(C)c(N2CCN(C(=O)C(=O)NN)CC2)c1. The maximum Gasteiger partial charge on any atom is 0.323 e. The van der Waals surface area contributed by atoms with Crippen LogP contribution in [0.2, 0.25) is 0 Å². The van der Waals surface area contributed by atoms with Gasteiger partial charge < -0.3 is 9.80 Å². The molecule has 0 bridgehead atoms. The molecule has 0 aromatic heterocycles. The van der Waals surface area contributed by atoms with Gasteiger partial charge in [0, 0.05) is 31.9 Å². The summed E-state index contributed by atoms with van der Waals surface area (Å²) in [6.45, 7) is 6.63. The molecule has 0 spiro atoms. The molecule has 1 aromatic carbocycles. The molecular formula is C14H20N4O2. The van der Waals surface area contributed by atoms with Crippen molar-refractivity contribution in [3.63, 3.8) is 0 Å². The summed E-state index contributed by atoms with van der Waals surface area (Å²) in [4.78, 5) is 26.7. The Morgan fingerprint density at radius 2 is 1.80 bits per heavy atom. The monoisotopic (exact) mass is 276 g/mol. The molecule has 2 amide bonds. The van der Waals surface area contributed by atoms with Gasteiger partial charge in [-0.2, -0.15) is 0 Å². The van der Waals surface area contributed by atoms with Gasteiger partial charge in [-0.15, -0.1) is 0 Å². The second kappa shape index (κ2) is 5.92. The number of anilines is 1. The fourth-order valence-electron chi connectivity index (χ4n) is 2.42. The van der Waals surface area contributed by atoms with E-state index in [1.54, 1.807) is 0 Å². The van der Waals surface area contributed by atoms with E-state index in [9.17, 15) is 9.59 Å². The Kier molecular flexibility index (Phi) is 4.24. The Labute approximate surface area is 118 Å². The van der Waals surface area contributed by atoms with E-state index >= 15 is 0 Å². The highest BCUT2D eigenvalue weighted by Gasteiger charge is 2.25. The van der Waals surface area contributed by atoms with Crippen LogP contribution < -0.4 is 16.2 Å². The predicted octanol–water partition coefficient (Wildman–Crippen LogP) is -0.0581. The zero-order valence-electron chi connectivity index (χ0n) is 11.8. The minimum absolute atomic E-state index is 0.527. The van der Waals surface area contributed by atoms with Gasteiger partial charge >= 0.3 is 11.8 Å². The van der Waals surface area contributed by atoms with E-state index in [0.717, 1.165) is 0 Å². The van der Waals surface area contributed by atoms with Gasteiger partial charge in [0.2, 0.25) is 0 Å². The predicted molar refractivity (Wildman–Crippen MR) is 77.0 cm³/mol. The first kappa shape index (κ1) is 14.3. The molecule has 2 rings (SSSR count). The fourth-order valence-corrected chi connectivity index (χ4v) is 2.42. The van der Waals surface area contributed by atoms with Gasteiger partial charge in [-0.05, 0) is 31.0 Å². The lowest BCUT2D eigenvalue weighted by molar-refractivity contribution is -0.146. The van der Waals surface area contributed by atoms with Crippen LogP contribution in [0.15, 0.2) is 18.2 Å². The van der Waals surface area contributed by atoms with Gasteiger partial charge in [-0.25, -0.2) is 5.84 Å². The summed E-state index contributed by atoms with van der Waals surface area (Å²) in [7, 11) is 0. The van der Waals surface area contributed by atoms with Gasteiger partial charge in [0.25, 0.3) is 0 Å². The van der Waals surface area contributed by atoms with Crippen molar-refractivity contribution in [2.45, 2.75) is 13.8 Å². The maximum absolute atomic E-state index is 11.7. The summed E-state index contributed by atoms with van der Waals surface area (Å²) in [5.74, 6) is 3.66. The number of aryl methyl sites for hydroxylation is 2. The van der Waals surface area contributed by atoms with Crippen molar-refractivity contribution in [2.24, 2.45) is 5.84 Å². The third kappa shape index (κ3) is 2.91. The quantitative estimate of drug-likeness (QED) is 0.326. The van der Waals surface area contributed by atoms with E-state index in [0.29, 0.717) is 26.2 Å². The first-order valence-electron chi connectivity index (χ1n) is 6.65. The molecule has 6 heteroatoms. The third-order valence-corrected chi connectivity index (χ3v) is 3.60. The van der Waals surface area contributed by atoms with Crippen molar-refractivity contribution < 1.29 is 9.59 Å². The van der Waals surface area contributed by atoms with Crippen LogP contribution in [0.25, 0.3) is 0 Å². The number of rotatable bonds is 1. The summed E-state index contributed by atoms with van der Waals surface area (Å²) in [6, 6.07) is 6.34. The molecule has 1 aromatic rings. The number of carbonyl (C=O) groups excluding carboxylic acids is 2. The van der Waals surface area contributed by atoms with Gasteiger partial charge in [0.05, 0.1) is 0 Å². The number of nitrogens with two attached hydrogens (primary N) is 1. The largest absolute Gasteiger partial charge is 0.368 e. The molecule has 1 aliphatic heterocycles. The minimum Gasteiger partial charge on any atom is -0.368 e. The maximum atomic E-state index is 11.7. The Bertz CT molecular complexity index is 522. The van der Waals surface area contributed by atoms with Gasteiger partial charge in [-0.1, -0.05) is 12.1 Å². The lowest BCUT2D eigenvalue weighted by Crippen LogP contribution is -2.53. The molecule has 0 aliphatic carbocycles. The number of amides is 2. The number of nitrogens with one attached hydrogen (secondary N) is 1. The molecule has 20 heavy (non-hydrogen) atoms. The van der Waals surface area contributed by atoms with Crippen LogP contribution in [0.4, 0.5) is 5.69 Å². The topological polar surface area (TPSA) is 78.7 Å². The van der Waals surface area contributed by atoms with E-state index in [2.05, 4.69) is 36.9 Å². The molecule has 0 radical (unpaired) electrons. The summed E-state index contributed by atoms with van der Waals surface area (Å²) in [5.41, 5.74) is 5.50. The van der Waals surface area contributed by atoms with Crippen LogP contribution in [0.3, 0.4) is 0 Å². The molecule has 108 valence electrons. The van der Waals surface area contributed by atoms with Crippen molar-refractivity contribution in [2.75, 3.05) is 31.1 Å². The third-order valence-electron chi connectivity index (χ3n) is 3.60. The average molecular weight is 276 g/mol. The molecule has 6 nitrogen and oxygen atoms in total. The van der Waals surface area contributed by atoms with Gasteiger partial charge in [-0.3, -0.25) is 15.0 Å². The second-order valence-corrected chi connectivity index (χ2v) is 5.04. The number of benzene rings is 1. The van der Waals surface area contributed by atoms with E-state index in [1.807, 2.05) is 5.43 Å². The Balaban J connectivity index is 2.02. The van der Waals surface area contributed by atoms with Crippen molar-refractivity contribution in [1.82, 2.24) is 10.3 Å². The summed E-state index contributed by atoms with van der Waals surface area (Å²) in [5, 5.41) is 0. The number of hydrazine groups is 1. The standard InChI is InChI=1S/C14H20N4O2/c1-10-3-4-11(2)12(9-10)17-5-7-18(8-6-17)14(20)13(19)16-15/h3-4,9H,5-8,15H2,1-2H3,(H,16,19). The van der Waals surface area contributed by atoms with Crippen LogP contribution in [0.1, 0.15) is 11.1 Å². The minimum atomic E-state index is -0.759. The van der Waals surface area contributed by atoms with Crippen LogP contribution >= 0.6 is 0 Å². The Hall–Kier alpha value is -2.08. The van der Waals surface area contributed by atoms with Crippen LogP contribution in [-0.4, -0.2) is 42.9 Å². The molecule has 1 saturated heterocycles. The molecule has 0 saturated carbocycles. The van der Waals surface area contributed by atoms with E-state index in [4.69, 9.17) is 5.84 Å². The van der Waals surface area contributed by atoms with Crippen molar-refractivity contribution in [1.29, 1.82) is 0 Å². The number of hydrogen-bond acceptors (Lipinski definition) is 4. The lowest BCUT2D eigenvalue weighted by Gasteiger charge is -2.36. The molecule has 1 heterocycles. The number of nitrogens with zero attached hydrogens (tertiary/aromatic N) is 2. The van der Waals surface area contributed by atoms with Crippen molar-refractivity contribution in [3.8, 4) is 0 Å². The van der Waals surface area contributed by atoms with Gasteiger partial charge in [0.15, 0.2) is 0 Å². The van der Waals surface area contributed by atoms with Gasteiger partial charge in [0.1, 0.15) is 0 Å². The Morgan fingerprint density at radius 3 is 2.40 bits per heavy atom. The molecule has 3 N–H and O–H groups in total. The van der Waals surface area contributed by atoms with E-state index < -0.39 is 11.8 Å². The molecule has 1 fully saturated rings. The first-order chi connectivity index (χ1) is 9.52. The highest BCUT2D eigenvalue weighted by Crippen LogP contribution is 2.22. The molecular weight excluding hydrogens is 256 g/mol. The lowest BCUT2D eigenvalue weighted by atomic mass is 10.1. The average Bonchev–Trinajstić information content (AvgIpc) is 2.48.